The highest BCUT2D eigenvalue weighted by molar-refractivity contribution is 7.00. The summed E-state index contributed by atoms with van der Waals surface area (Å²) in [6.07, 6.45) is 6.94. The Bertz CT molecular complexity index is 4490. The van der Waals surface area contributed by atoms with Gasteiger partial charge >= 0.3 is 0 Å². The lowest BCUT2D eigenvalue weighted by atomic mass is 9.34. The lowest BCUT2D eigenvalue weighted by Crippen LogP contribution is -2.59. The maximum absolute atomic E-state index is 2.73. The molecule has 0 bridgehead atoms. The summed E-state index contributed by atoms with van der Waals surface area (Å²) in [6.45, 7) is 13.8. The number of hydrogen-bond donors (Lipinski definition) is 0. The van der Waals surface area contributed by atoms with Crippen LogP contribution in [0.15, 0.2) is 176 Å². The zero-order valence-corrected chi connectivity index (χ0v) is 41.7. The summed E-state index contributed by atoms with van der Waals surface area (Å²) >= 11 is 0. The number of rotatable bonds is 3. The average molecular weight is 922 g/mol. The maximum Gasteiger partial charge on any atom is 0.252 e. The van der Waals surface area contributed by atoms with Crippen LogP contribution in [0.2, 0.25) is 0 Å². The Kier molecular flexibility index (Phi) is 7.82. The minimum absolute atomic E-state index is 0.0374. The van der Waals surface area contributed by atoms with Crippen molar-refractivity contribution in [3.05, 3.63) is 198 Å². The molecule has 0 unspecified atom stereocenters. The van der Waals surface area contributed by atoms with Gasteiger partial charge in [0, 0.05) is 66.1 Å². The van der Waals surface area contributed by atoms with Crippen LogP contribution in [-0.4, -0.2) is 15.8 Å². The Morgan fingerprint density at radius 2 is 0.931 bits per heavy atom. The van der Waals surface area contributed by atoms with Crippen LogP contribution in [-0.2, 0) is 17.3 Å². The molecule has 3 nitrogen and oxygen atoms in total. The van der Waals surface area contributed by atoms with Crippen molar-refractivity contribution in [2.75, 3.05) is 4.90 Å². The predicted octanol–water partition coefficient (Wildman–Crippen LogP) is 16.1. The smallest absolute Gasteiger partial charge is 0.252 e. The number of nitrogens with zero attached hydrogens (tertiary/aromatic N) is 3. The van der Waals surface area contributed by atoms with Crippen molar-refractivity contribution in [1.29, 1.82) is 0 Å². The van der Waals surface area contributed by atoms with E-state index in [1.54, 1.807) is 0 Å². The van der Waals surface area contributed by atoms with E-state index in [2.05, 4.69) is 238 Å². The zero-order chi connectivity index (χ0) is 48.1. The summed E-state index contributed by atoms with van der Waals surface area (Å²) in [5.74, 6) is 0. The van der Waals surface area contributed by atoms with Gasteiger partial charge in [0.05, 0.1) is 16.9 Å². The summed E-state index contributed by atoms with van der Waals surface area (Å²) in [5, 5.41) is 17.1. The molecule has 72 heavy (non-hydrogen) atoms. The third-order valence-corrected chi connectivity index (χ3v) is 17.2. The molecule has 13 aromatic rings. The van der Waals surface area contributed by atoms with Gasteiger partial charge in [0.1, 0.15) is 0 Å². The highest BCUT2D eigenvalue weighted by Gasteiger charge is 2.44. The summed E-state index contributed by atoms with van der Waals surface area (Å²) in [6, 6.07) is 65.8. The Morgan fingerprint density at radius 3 is 1.51 bits per heavy atom. The summed E-state index contributed by atoms with van der Waals surface area (Å²) in [5.41, 5.74) is 19.8. The number of hydrogen-bond acceptors (Lipinski definition) is 1. The minimum atomic E-state index is 0.0374. The molecule has 342 valence electrons. The first kappa shape index (κ1) is 40.6. The van der Waals surface area contributed by atoms with Gasteiger partial charge in [0.25, 0.3) is 6.71 Å². The monoisotopic (exact) mass is 921 g/mol. The van der Waals surface area contributed by atoms with Gasteiger partial charge in [-0.05, 0) is 143 Å². The van der Waals surface area contributed by atoms with Crippen molar-refractivity contribution in [1.82, 2.24) is 9.13 Å². The van der Waals surface area contributed by atoms with Gasteiger partial charge in [-0.1, -0.05) is 175 Å². The van der Waals surface area contributed by atoms with Gasteiger partial charge < -0.3 is 14.0 Å². The van der Waals surface area contributed by atoms with Gasteiger partial charge in [-0.2, -0.15) is 0 Å². The van der Waals surface area contributed by atoms with E-state index in [-0.39, 0.29) is 17.5 Å². The first-order valence-electron chi connectivity index (χ1n) is 26.0. The predicted molar refractivity (Wildman–Crippen MR) is 310 cm³/mol. The van der Waals surface area contributed by atoms with Crippen LogP contribution in [0.4, 0.5) is 17.1 Å². The second-order valence-corrected chi connectivity index (χ2v) is 23.1. The third-order valence-electron chi connectivity index (χ3n) is 17.2. The fourth-order valence-electron chi connectivity index (χ4n) is 14.0. The molecule has 2 aliphatic heterocycles. The van der Waals surface area contributed by atoms with Crippen LogP contribution in [0.25, 0.3) is 104 Å². The van der Waals surface area contributed by atoms with E-state index in [0.717, 1.165) is 29.9 Å². The number of allylic oxidation sites excluding steroid dienone is 1. The molecule has 4 heterocycles. The van der Waals surface area contributed by atoms with Crippen molar-refractivity contribution < 1.29 is 0 Å². The molecule has 11 aromatic carbocycles. The van der Waals surface area contributed by atoms with Crippen molar-refractivity contribution >= 4 is 133 Å². The van der Waals surface area contributed by atoms with E-state index in [1.165, 1.54) is 137 Å². The molecule has 0 amide bonds. The zero-order valence-electron chi connectivity index (χ0n) is 41.7. The topological polar surface area (TPSA) is 13.1 Å². The molecule has 3 aliphatic rings. The first-order valence-corrected chi connectivity index (χ1v) is 26.0. The largest absolute Gasteiger partial charge is 0.310 e. The van der Waals surface area contributed by atoms with Gasteiger partial charge in [0.2, 0.25) is 0 Å². The van der Waals surface area contributed by atoms with Crippen LogP contribution in [0, 0.1) is 0 Å². The molecular weight excluding hydrogens is 870 g/mol. The summed E-state index contributed by atoms with van der Waals surface area (Å²) in [4.78, 5) is 2.50. The molecule has 0 N–H and O–H groups in total. The molecular formula is C68H52BN3. The molecule has 0 radical (unpaired) electrons. The molecule has 0 saturated heterocycles. The SMILES string of the molecule is CC(C)(C)c1ccc(N(c2ccc(C(C)(C)C)cc2)c2cc3c4ccccc4c4c5c6c(c7c8ccccc8c(c2)c3c47)-n2c3ccccc3c3cccc(c32)B6c2cccc3c4c(n-5c23)C=CCC4)cc1. The Morgan fingerprint density at radius 1 is 0.431 bits per heavy atom. The van der Waals surface area contributed by atoms with Crippen molar-refractivity contribution in [2.24, 2.45) is 0 Å². The quantitative estimate of drug-likeness (QED) is 0.0978. The molecule has 2 aromatic heterocycles. The Hall–Kier alpha value is -8.08. The van der Waals surface area contributed by atoms with Crippen LogP contribution in [0.1, 0.15) is 70.3 Å². The van der Waals surface area contributed by atoms with Gasteiger partial charge in [-0.25, -0.2) is 0 Å². The molecule has 1 aliphatic carbocycles. The lowest BCUT2D eigenvalue weighted by Gasteiger charge is -2.37. The molecule has 0 spiro atoms. The first-order chi connectivity index (χ1) is 35.0. The van der Waals surface area contributed by atoms with E-state index < -0.39 is 0 Å². The van der Waals surface area contributed by atoms with Crippen LogP contribution < -0.4 is 21.3 Å². The van der Waals surface area contributed by atoms with Crippen molar-refractivity contribution in [3.8, 4) is 11.4 Å². The van der Waals surface area contributed by atoms with Crippen molar-refractivity contribution in [2.45, 2.75) is 65.2 Å². The number of benzene rings is 11. The summed E-state index contributed by atoms with van der Waals surface area (Å²) in [7, 11) is 0. The maximum atomic E-state index is 2.73. The molecule has 4 heteroatoms. The second kappa shape index (κ2) is 13.9. The number of fused-ring (bicyclic) bond motifs is 18. The van der Waals surface area contributed by atoms with Crippen LogP contribution >= 0.6 is 0 Å². The van der Waals surface area contributed by atoms with Gasteiger partial charge in [-0.3, -0.25) is 0 Å². The van der Waals surface area contributed by atoms with E-state index in [4.69, 9.17) is 0 Å². The van der Waals surface area contributed by atoms with E-state index in [1.807, 2.05) is 0 Å². The molecule has 16 rings (SSSR count). The average Bonchev–Trinajstić information content (AvgIpc) is 3.93. The van der Waals surface area contributed by atoms with Crippen LogP contribution in [0.5, 0.6) is 0 Å². The fourth-order valence-corrected chi connectivity index (χ4v) is 14.0. The number of aromatic nitrogens is 2. The lowest BCUT2D eigenvalue weighted by molar-refractivity contribution is 0.590. The normalized spacial score (nSPS) is 14.1. The molecule has 0 atom stereocenters. The van der Waals surface area contributed by atoms with E-state index >= 15 is 0 Å². The molecule has 0 saturated carbocycles. The van der Waals surface area contributed by atoms with E-state index in [9.17, 15) is 0 Å². The fraction of sp³-hybridized carbons (Fsp3) is 0.147. The highest BCUT2D eigenvalue weighted by atomic mass is 15.1. The number of anilines is 3. The second-order valence-electron chi connectivity index (χ2n) is 23.1. The van der Waals surface area contributed by atoms with Gasteiger partial charge in [-0.15, -0.1) is 0 Å². The van der Waals surface area contributed by atoms with E-state index in [0.29, 0.717) is 0 Å². The number of aryl methyl sites for hydroxylation is 1. The van der Waals surface area contributed by atoms with Crippen molar-refractivity contribution in [3.63, 3.8) is 0 Å². The van der Waals surface area contributed by atoms with Gasteiger partial charge in [0.15, 0.2) is 0 Å². The number of para-hydroxylation sites is 3. The summed E-state index contributed by atoms with van der Waals surface area (Å²) < 4.78 is 5.43. The molecule has 0 fully saturated rings. The third kappa shape index (κ3) is 5.12. The Labute approximate surface area is 419 Å². The van der Waals surface area contributed by atoms with Crippen LogP contribution in [0.3, 0.4) is 0 Å². The minimum Gasteiger partial charge on any atom is -0.310 e. The Balaban J connectivity index is 1.13. The standard InChI is InChI=1S/C68H52BN3/c1-67(2,3)39-29-33-41(34-30-39)70(42-35-31-40(32-36-42)68(4,5)6)43-37-52-44-17-7-9-21-48(44)59-61-58(52)53(38-43)45-18-8-10-22-49(45)60(61)66-62-65(59)71-56-27-13-11-19-46(56)50-23-15-25-54(63(50)71)69(62)55-26-16-24-51-47-20-12-14-28-57(47)72(66)64(51)55/h7-11,13-19,21-38H,12,20H2,1-6H3. The highest BCUT2D eigenvalue weighted by Crippen LogP contribution is 2.53.